The summed E-state index contributed by atoms with van der Waals surface area (Å²) in [5.41, 5.74) is -1.56. The summed E-state index contributed by atoms with van der Waals surface area (Å²) >= 11 is 0. The number of hydrogen-bond donors (Lipinski definition) is 2. The van der Waals surface area contributed by atoms with Crippen molar-refractivity contribution >= 4 is 21.7 Å². The lowest BCUT2D eigenvalue weighted by Gasteiger charge is -2.58. The fourth-order valence-corrected chi connectivity index (χ4v) is 4.67. The van der Waals surface area contributed by atoms with Gasteiger partial charge in [-0.1, -0.05) is 26.8 Å². The van der Waals surface area contributed by atoms with Gasteiger partial charge in [-0.2, -0.15) is 0 Å². The molecule has 0 aromatic heterocycles. The van der Waals surface area contributed by atoms with Crippen LogP contribution in [0.15, 0.2) is 23.1 Å². The maximum Gasteiger partial charge on any atom is 0.330 e. The number of nitrogens with one attached hydrogen (secondary N) is 1. The Morgan fingerprint density at radius 3 is 2.37 bits per heavy atom. The minimum atomic E-state index is -3.51. The fourth-order valence-electron chi connectivity index (χ4n) is 3.64. The Balaban J connectivity index is 2.37. The van der Waals surface area contributed by atoms with Crippen molar-refractivity contribution in [3.05, 3.63) is 29.3 Å². The SMILES string of the molecule is CCOC1CC(NC(=O)c2ccc(CC)c(S(C)(=O)=O)c2)(C(=O)O)C1(C)C. The smallest absolute Gasteiger partial charge is 0.330 e. The molecule has 1 aromatic rings. The lowest BCUT2D eigenvalue weighted by Crippen LogP contribution is -2.76. The Hall–Kier alpha value is -1.93. The zero-order valence-electron chi connectivity index (χ0n) is 16.3. The molecule has 1 amide bonds. The van der Waals surface area contributed by atoms with Crippen LogP contribution in [0.3, 0.4) is 0 Å². The lowest BCUT2D eigenvalue weighted by atomic mass is 9.54. The van der Waals surface area contributed by atoms with Crippen LogP contribution in [0.1, 0.15) is 50.0 Å². The molecule has 0 aliphatic heterocycles. The van der Waals surface area contributed by atoms with Crippen LogP contribution in [-0.2, 0) is 25.8 Å². The highest BCUT2D eigenvalue weighted by atomic mass is 32.2. The number of carbonyl (C=O) groups is 2. The molecular weight excluding hydrogens is 370 g/mol. The number of amides is 1. The summed E-state index contributed by atoms with van der Waals surface area (Å²) in [5, 5.41) is 12.4. The van der Waals surface area contributed by atoms with Gasteiger partial charge in [-0.05, 0) is 31.0 Å². The summed E-state index contributed by atoms with van der Waals surface area (Å²) in [4.78, 5) is 24.9. The first-order chi connectivity index (χ1) is 12.4. The van der Waals surface area contributed by atoms with Crippen LogP contribution < -0.4 is 5.32 Å². The molecule has 8 heteroatoms. The summed E-state index contributed by atoms with van der Waals surface area (Å²) in [6.45, 7) is 7.60. The van der Waals surface area contributed by atoms with Crippen molar-refractivity contribution in [2.45, 2.75) is 57.1 Å². The normalized spacial score (nSPS) is 24.1. The monoisotopic (exact) mass is 397 g/mol. The van der Waals surface area contributed by atoms with Crippen LogP contribution in [0.25, 0.3) is 0 Å². The molecule has 2 N–H and O–H groups in total. The molecule has 1 fully saturated rings. The number of aliphatic carboxylic acids is 1. The topological polar surface area (TPSA) is 110 Å². The minimum Gasteiger partial charge on any atom is -0.479 e. The number of carboxylic acids is 1. The fraction of sp³-hybridized carbons (Fsp3) is 0.579. The highest BCUT2D eigenvalue weighted by molar-refractivity contribution is 7.90. The van der Waals surface area contributed by atoms with Crippen LogP contribution in [-0.4, -0.2) is 49.9 Å². The molecule has 2 atom stereocenters. The second-order valence-corrected chi connectivity index (χ2v) is 9.47. The molecule has 150 valence electrons. The van der Waals surface area contributed by atoms with Crippen LogP contribution in [0.4, 0.5) is 0 Å². The molecule has 1 aromatic carbocycles. The molecule has 0 heterocycles. The van der Waals surface area contributed by atoms with Crippen molar-refractivity contribution in [3.8, 4) is 0 Å². The summed E-state index contributed by atoms with van der Waals surface area (Å²) < 4.78 is 29.6. The van der Waals surface area contributed by atoms with Gasteiger partial charge >= 0.3 is 5.97 Å². The Morgan fingerprint density at radius 1 is 1.30 bits per heavy atom. The van der Waals surface area contributed by atoms with E-state index in [9.17, 15) is 23.1 Å². The predicted molar refractivity (Wildman–Crippen MR) is 101 cm³/mol. The number of hydrogen-bond acceptors (Lipinski definition) is 5. The maximum absolute atomic E-state index is 12.8. The molecule has 2 unspecified atom stereocenters. The number of sulfone groups is 1. The van der Waals surface area contributed by atoms with E-state index in [1.807, 2.05) is 13.8 Å². The summed E-state index contributed by atoms with van der Waals surface area (Å²) in [7, 11) is -3.51. The molecule has 1 saturated carbocycles. The quantitative estimate of drug-likeness (QED) is 0.729. The zero-order valence-corrected chi connectivity index (χ0v) is 17.1. The molecule has 1 aliphatic carbocycles. The Morgan fingerprint density at radius 2 is 1.93 bits per heavy atom. The lowest BCUT2D eigenvalue weighted by molar-refractivity contribution is -0.190. The third kappa shape index (κ3) is 3.60. The van der Waals surface area contributed by atoms with E-state index >= 15 is 0 Å². The summed E-state index contributed by atoms with van der Waals surface area (Å²) in [6, 6.07) is 4.42. The van der Waals surface area contributed by atoms with Crippen molar-refractivity contribution in [1.29, 1.82) is 0 Å². The van der Waals surface area contributed by atoms with E-state index in [0.717, 1.165) is 6.26 Å². The standard InChI is InChI=1S/C19H27NO6S/c1-6-12-8-9-13(10-14(12)27(5,24)25)16(21)20-19(17(22)23)11-15(26-7-2)18(19,3)4/h8-10,15H,6-7,11H2,1-5H3,(H,20,21)(H,22,23). The molecular formula is C19H27NO6S. The van der Waals surface area contributed by atoms with Gasteiger partial charge in [-0.25, -0.2) is 13.2 Å². The first kappa shape index (κ1) is 21.4. The third-order valence-electron chi connectivity index (χ3n) is 5.57. The molecule has 0 spiro atoms. The van der Waals surface area contributed by atoms with Gasteiger partial charge in [0.25, 0.3) is 5.91 Å². The molecule has 7 nitrogen and oxygen atoms in total. The largest absolute Gasteiger partial charge is 0.479 e. The molecule has 27 heavy (non-hydrogen) atoms. The van der Waals surface area contributed by atoms with E-state index in [2.05, 4.69) is 5.32 Å². The molecule has 0 bridgehead atoms. The van der Waals surface area contributed by atoms with Gasteiger partial charge in [0, 0.05) is 30.3 Å². The molecule has 0 saturated heterocycles. The number of carboxylic acid groups (broad SMARTS) is 1. The first-order valence-corrected chi connectivity index (χ1v) is 10.8. The van der Waals surface area contributed by atoms with Gasteiger partial charge < -0.3 is 15.2 Å². The number of carbonyl (C=O) groups excluding carboxylic acids is 1. The molecule has 2 rings (SSSR count). The third-order valence-corrected chi connectivity index (χ3v) is 6.75. The number of rotatable bonds is 7. The Bertz CT molecular complexity index is 861. The zero-order chi connectivity index (χ0) is 20.6. The van der Waals surface area contributed by atoms with Crippen molar-refractivity contribution in [1.82, 2.24) is 5.32 Å². The highest BCUT2D eigenvalue weighted by Crippen LogP contribution is 2.51. The second kappa shape index (κ2) is 7.24. The minimum absolute atomic E-state index is 0.0853. The van der Waals surface area contributed by atoms with Crippen LogP contribution in [0.5, 0.6) is 0 Å². The van der Waals surface area contributed by atoms with Crippen molar-refractivity contribution in [2.24, 2.45) is 5.41 Å². The van der Waals surface area contributed by atoms with Gasteiger partial charge in [-0.3, -0.25) is 4.79 Å². The van der Waals surface area contributed by atoms with Crippen molar-refractivity contribution in [2.75, 3.05) is 12.9 Å². The van der Waals surface area contributed by atoms with E-state index in [4.69, 9.17) is 4.74 Å². The van der Waals surface area contributed by atoms with Crippen molar-refractivity contribution < 1.29 is 27.9 Å². The predicted octanol–water partition coefficient (Wildman–Crippen LogP) is 2.04. The van der Waals surface area contributed by atoms with E-state index in [0.29, 0.717) is 18.6 Å². The number of aryl methyl sites for hydroxylation is 1. The van der Waals surface area contributed by atoms with Crippen LogP contribution in [0.2, 0.25) is 0 Å². The summed E-state index contributed by atoms with van der Waals surface area (Å²) in [5.74, 6) is -1.75. The average Bonchev–Trinajstić information content (AvgIpc) is 2.58. The Kier molecular flexibility index (Phi) is 5.73. The van der Waals surface area contributed by atoms with E-state index in [1.165, 1.54) is 12.1 Å². The molecule has 1 aliphatic rings. The average molecular weight is 397 g/mol. The summed E-state index contributed by atoms with van der Waals surface area (Å²) in [6.07, 6.45) is 1.46. The Labute approximate surface area is 160 Å². The van der Waals surface area contributed by atoms with Crippen molar-refractivity contribution in [3.63, 3.8) is 0 Å². The van der Waals surface area contributed by atoms with Gasteiger partial charge in [0.2, 0.25) is 0 Å². The second-order valence-electron chi connectivity index (χ2n) is 7.48. The highest BCUT2D eigenvalue weighted by Gasteiger charge is 2.66. The van der Waals surface area contributed by atoms with Crippen LogP contribution >= 0.6 is 0 Å². The number of benzene rings is 1. The van der Waals surface area contributed by atoms with Gasteiger partial charge in [0.05, 0.1) is 11.0 Å². The number of ether oxygens (including phenoxy) is 1. The maximum atomic E-state index is 12.8. The van der Waals surface area contributed by atoms with E-state index in [-0.39, 0.29) is 23.0 Å². The van der Waals surface area contributed by atoms with E-state index in [1.54, 1.807) is 19.9 Å². The van der Waals surface area contributed by atoms with Gasteiger partial charge in [0.15, 0.2) is 9.84 Å². The van der Waals surface area contributed by atoms with E-state index < -0.39 is 32.7 Å². The van der Waals surface area contributed by atoms with Gasteiger partial charge in [0.1, 0.15) is 5.54 Å². The molecule has 0 radical (unpaired) electrons. The van der Waals surface area contributed by atoms with Crippen LogP contribution in [0, 0.1) is 5.41 Å². The first-order valence-electron chi connectivity index (χ1n) is 8.91. The van der Waals surface area contributed by atoms with Gasteiger partial charge in [-0.15, -0.1) is 0 Å².